The summed E-state index contributed by atoms with van der Waals surface area (Å²) in [7, 11) is 0. The Morgan fingerprint density at radius 1 is 1.19 bits per heavy atom. The van der Waals surface area contributed by atoms with Crippen molar-refractivity contribution in [1.82, 2.24) is 9.88 Å². The van der Waals surface area contributed by atoms with Crippen LogP contribution in [0.15, 0.2) is 36.5 Å². The number of carbonyl (C=O) groups is 1. The lowest BCUT2D eigenvalue weighted by molar-refractivity contribution is 0.00968. The van der Waals surface area contributed by atoms with Crippen molar-refractivity contribution >= 4 is 29.0 Å². The summed E-state index contributed by atoms with van der Waals surface area (Å²) in [5.74, 6) is 0.681. The lowest BCUT2D eigenvalue weighted by Gasteiger charge is -2.61. The van der Waals surface area contributed by atoms with E-state index in [0.717, 1.165) is 37.6 Å². The molecule has 0 radical (unpaired) electrons. The number of carbonyl (C=O) groups excluding carboxylic acids is 1. The Kier molecular flexibility index (Phi) is 3.72. The zero-order valence-electron chi connectivity index (χ0n) is 15.2. The molecule has 0 saturated carbocycles. The molecule has 0 unspecified atom stereocenters. The fourth-order valence-electron chi connectivity index (χ4n) is 4.34. The van der Waals surface area contributed by atoms with E-state index in [4.69, 9.17) is 16.3 Å². The molecule has 1 aromatic carbocycles. The third-order valence-corrected chi connectivity index (χ3v) is 5.87. The smallest absolute Gasteiger partial charge is 0.324 e. The van der Waals surface area contributed by atoms with E-state index in [2.05, 4.69) is 22.0 Å². The van der Waals surface area contributed by atoms with Gasteiger partial charge in [-0.3, -0.25) is 9.88 Å². The van der Waals surface area contributed by atoms with Gasteiger partial charge in [0.15, 0.2) is 0 Å². The molecule has 3 aliphatic heterocycles. The second-order valence-corrected chi connectivity index (χ2v) is 8.20. The number of hydrogen-bond donors (Lipinski definition) is 0. The highest BCUT2D eigenvalue weighted by Crippen LogP contribution is 2.43. The van der Waals surface area contributed by atoms with Gasteiger partial charge in [-0.2, -0.15) is 0 Å². The number of urea groups is 1. The van der Waals surface area contributed by atoms with E-state index in [0.29, 0.717) is 23.9 Å². The second kappa shape index (κ2) is 6.02. The van der Waals surface area contributed by atoms with E-state index >= 15 is 0 Å². The standard InChI is InChI=1S/C20H21ClN4O2/c1-14-8-16(4-5-22-14)23-10-20(11-23)12-24(13-20)19(26)25-6-7-27-18-9-15(21)2-3-17(18)25/h2-5,8-9H,6-7,10-13H2,1H3. The van der Waals surface area contributed by atoms with Gasteiger partial charge in [0, 0.05) is 60.3 Å². The largest absolute Gasteiger partial charge is 0.489 e. The van der Waals surface area contributed by atoms with Gasteiger partial charge >= 0.3 is 6.03 Å². The summed E-state index contributed by atoms with van der Waals surface area (Å²) in [5, 5.41) is 0.617. The maximum absolute atomic E-state index is 13.0. The minimum atomic E-state index is 0.0608. The van der Waals surface area contributed by atoms with Gasteiger partial charge in [-0.05, 0) is 31.2 Å². The van der Waals surface area contributed by atoms with Crippen LogP contribution in [0.4, 0.5) is 16.2 Å². The molecule has 1 spiro atoms. The number of aromatic nitrogens is 1. The maximum atomic E-state index is 13.0. The summed E-state index contributed by atoms with van der Waals surface area (Å²) >= 11 is 6.04. The predicted molar refractivity (Wildman–Crippen MR) is 105 cm³/mol. The van der Waals surface area contributed by atoms with Crippen LogP contribution in [0.25, 0.3) is 0 Å². The quantitative estimate of drug-likeness (QED) is 0.757. The van der Waals surface area contributed by atoms with Crippen molar-refractivity contribution in [3.63, 3.8) is 0 Å². The van der Waals surface area contributed by atoms with Crippen LogP contribution in [0.3, 0.4) is 0 Å². The zero-order chi connectivity index (χ0) is 18.6. The van der Waals surface area contributed by atoms with Crippen LogP contribution in [0.2, 0.25) is 5.02 Å². The normalized spacial score (nSPS) is 19.9. The number of aryl methyl sites for hydroxylation is 1. The lowest BCUT2D eigenvalue weighted by Crippen LogP contribution is -2.74. The first-order valence-corrected chi connectivity index (χ1v) is 9.57. The molecule has 0 aliphatic carbocycles. The summed E-state index contributed by atoms with van der Waals surface area (Å²) in [6.07, 6.45) is 1.86. The van der Waals surface area contributed by atoms with Gasteiger partial charge in [-0.15, -0.1) is 0 Å². The van der Waals surface area contributed by atoms with Crippen LogP contribution < -0.4 is 14.5 Å². The fraction of sp³-hybridized carbons (Fsp3) is 0.400. The molecule has 2 amide bonds. The van der Waals surface area contributed by atoms with E-state index in [9.17, 15) is 4.79 Å². The maximum Gasteiger partial charge on any atom is 0.324 e. The van der Waals surface area contributed by atoms with E-state index < -0.39 is 0 Å². The van der Waals surface area contributed by atoms with Crippen molar-refractivity contribution in [2.75, 3.05) is 49.1 Å². The van der Waals surface area contributed by atoms with Crippen LogP contribution >= 0.6 is 11.6 Å². The highest BCUT2D eigenvalue weighted by atomic mass is 35.5. The number of likely N-dealkylation sites (tertiary alicyclic amines) is 1. The summed E-state index contributed by atoms with van der Waals surface area (Å²) in [5.41, 5.74) is 3.29. The lowest BCUT2D eigenvalue weighted by atomic mass is 9.72. The summed E-state index contributed by atoms with van der Waals surface area (Å²) in [6, 6.07) is 9.66. The molecule has 6 nitrogen and oxygen atoms in total. The minimum absolute atomic E-state index is 0.0608. The van der Waals surface area contributed by atoms with Gasteiger partial charge in [0.05, 0.1) is 12.2 Å². The minimum Gasteiger partial charge on any atom is -0.489 e. The zero-order valence-corrected chi connectivity index (χ0v) is 15.9. The van der Waals surface area contributed by atoms with Crippen LogP contribution in [0.1, 0.15) is 5.69 Å². The molecule has 1 aromatic heterocycles. The number of rotatable bonds is 1. The molecule has 0 N–H and O–H groups in total. The van der Waals surface area contributed by atoms with Gasteiger partial charge in [-0.25, -0.2) is 4.79 Å². The molecule has 3 aliphatic rings. The summed E-state index contributed by atoms with van der Waals surface area (Å²) in [6.45, 7) is 6.69. The number of halogens is 1. The molecule has 7 heteroatoms. The van der Waals surface area contributed by atoms with E-state index in [1.54, 1.807) is 12.1 Å². The molecule has 140 valence electrons. The number of amides is 2. The molecule has 2 saturated heterocycles. The summed E-state index contributed by atoms with van der Waals surface area (Å²) < 4.78 is 5.65. The molecule has 4 heterocycles. The van der Waals surface area contributed by atoms with Gasteiger partial charge < -0.3 is 14.5 Å². The number of hydrogen-bond acceptors (Lipinski definition) is 4. The third-order valence-electron chi connectivity index (χ3n) is 5.64. The second-order valence-electron chi connectivity index (χ2n) is 7.76. The number of nitrogens with zero attached hydrogens (tertiary/aromatic N) is 4. The number of anilines is 2. The average molecular weight is 385 g/mol. The summed E-state index contributed by atoms with van der Waals surface area (Å²) in [4.78, 5) is 23.4. The Bertz CT molecular complexity index is 905. The topological polar surface area (TPSA) is 48.9 Å². The van der Waals surface area contributed by atoms with Gasteiger partial charge in [-0.1, -0.05) is 11.6 Å². The Morgan fingerprint density at radius 3 is 2.78 bits per heavy atom. The molecular weight excluding hydrogens is 364 g/mol. The van der Waals surface area contributed by atoms with Gasteiger partial charge in [0.2, 0.25) is 0 Å². The number of benzene rings is 1. The highest BCUT2D eigenvalue weighted by Gasteiger charge is 2.54. The molecule has 0 atom stereocenters. The SMILES string of the molecule is Cc1cc(N2CC3(CN(C(=O)N4CCOc5cc(Cl)ccc54)C3)C2)ccn1. The fourth-order valence-corrected chi connectivity index (χ4v) is 4.50. The molecule has 2 aromatic rings. The Morgan fingerprint density at radius 2 is 2.00 bits per heavy atom. The van der Waals surface area contributed by atoms with E-state index in [-0.39, 0.29) is 11.4 Å². The molecular formula is C20H21ClN4O2. The van der Waals surface area contributed by atoms with Gasteiger partial charge in [0.25, 0.3) is 0 Å². The van der Waals surface area contributed by atoms with Gasteiger partial charge in [0.1, 0.15) is 12.4 Å². The van der Waals surface area contributed by atoms with Crippen molar-refractivity contribution in [2.24, 2.45) is 5.41 Å². The molecule has 27 heavy (non-hydrogen) atoms. The number of pyridine rings is 1. The first-order valence-electron chi connectivity index (χ1n) is 9.19. The third kappa shape index (κ3) is 2.79. The average Bonchev–Trinajstić information content (AvgIpc) is 2.58. The van der Waals surface area contributed by atoms with E-state index in [1.165, 1.54) is 5.69 Å². The van der Waals surface area contributed by atoms with Crippen molar-refractivity contribution in [2.45, 2.75) is 6.92 Å². The number of ether oxygens (including phenoxy) is 1. The molecule has 5 rings (SSSR count). The number of fused-ring (bicyclic) bond motifs is 1. The van der Waals surface area contributed by atoms with Crippen molar-refractivity contribution < 1.29 is 9.53 Å². The van der Waals surface area contributed by atoms with E-state index in [1.807, 2.05) is 29.0 Å². The highest BCUT2D eigenvalue weighted by molar-refractivity contribution is 6.30. The molecule has 2 fully saturated rings. The first-order chi connectivity index (χ1) is 13.0. The van der Waals surface area contributed by atoms with Crippen molar-refractivity contribution in [1.29, 1.82) is 0 Å². The Hall–Kier alpha value is -2.47. The van der Waals surface area contributed by atoms with Crippen molar-refractivity contribution in [3.8, 4) is 5.75 Å². The van der Waals surface area contributed by atoms with Crippen LogP contribution in [0.5, 0.6) is 5.75 Å². The monoisotopic (exact) mass is 384 g/mol. The van der Waals surface area contributed by atoms with Crippen molar-refractivity contribution in [3.05, 3.63) is 47.2 Å². The van der Waals surface area contributed by atoms with Crippen LogP contribution in [-0.2, 0) is 0 Å². The van der Waals surface area contributed by atoms with Crippen LogP contribution in [0, 0.1) is 12.3 Å². The Labute approximate surface area is 163 Å². The first kappa shape index (κ1) is 16.7. The van der Waals surface area contributed by atoms with Crippen LogP contribution in [-0.4, -0.2) is 55.2 Å². The predicted octanol–water partition coefficient (Wildman–Crippen LogP) is 3.18. The Balaban J connectivity index is 1.23. The molecule has 0 bridgehead atoms.